The first kappa shape index (κ1) is 29.6. The fraction of sp³-hybridized carbons (Fsp3) is 0.176. The van der Waals surface area contributed by atoms with Crippen LogP contribution in [0.5, 0.6) is 0 Å². The predicted molar refractivity (Wildman–Crippen MR) is 172 cm³/mol. The van der Waals surface area contributed by atoms with Crippen molar-refractivity contribution in [3.8, 4) is 0 Å². The normalized spacial score (nSPS) is 11.5. The van der Waals surface area contributed by atoms with E-state index in [4.69, 9.17) is 9.84 Å². The fourth-order valence-corrected chi connectivity index (χ4v) is 5.40. The lowest BCUT2D eigenvalue weighted by Gasteiger charge is -2.19. The molecule has 0 saturated heterocycles. The molecule has 0 radical (unpaired) electrons. The van der Waals surface area contributed by atoms with Crippen molar-refractivity contribution < 1.29 is 14.3 Å². The summed E-state index contributed by atoms with van der Waals surface area (Å²) in [4.78, 5) is 30.9. The van der Waals surface area contributed by atoms with Crippen LogP contribution in [0.1, 0.15) is 48.1 Å². The minimum Gasteiger partial charge on any atom is -0.444 e. The Morgan fingerprint density at radius 2 is 1.72 bits per heavy atom. The second kappa shape index (κ2) is 13.0. The third-order valence-electron chi connectivity index (χ3n) is 6.37. The molecule has 0 saturated carbocycles. The molecule has 2 aromatic heterocycles. The van der Waals surface area contributed by atoms with E-state index in [1.165, 1.54) is 11.8 Å². The third kappa shape index (κ3) is 7.69. The number of rotatable bonds is 8. The highest BCUT2D eigenvalue weighted by Gasteiger charge is 2.17. The Morgan fingerprint density at radius 1 is 0.953 bits per heavy atom. The number of carbonyl (C=O) groups is 2. The quantitative estimate of drug-likeness (QED) is 0.194. The van der Waals surface area contributed by atoms with Crippen molar-refractivity contribution in [1.29, 1.82) is 0 Å². The topological polar surface area (TPSA) is 98.1 Å². The lowest BCUT2D eigenvalue weighted by molar-refractivity contribution is 0.0635. The smallest absolute Gasteiger partial charge is 0.412 e. The highest BCUT2D eigenvalue weighted by Crippen LogP contribution is 2.34. The Morgan fingerprint density at radius 3 is 2.44 bits per heavy atom. The molecule has 0 spiro atoms. The van der Waals surface area contributed by atoms with E-state index in [1.807, 2.05) is 104 Å². The maximum absolute atomic E-state index is 12.4. The van der Waals surface area contributed by atoms with E-state index in [1.54, 1.807) is 13.2 Å². The van der Waals surface area contributed by atoms with Gasteiger partial charge in [0.25, 0.3) is 5.91 Å². The molecule has 5 aromatic rings. The summed E-state index contributed by atoms with van der Waals surface area (Å²) in [7, 11) is 1.63. The monoisotopic (exact) mass is 591 g/mol. The molecule has 0 atom stereocenters. The van der Waals surface area contributed by atoms with Crippen LogP contribution in [0.4, 0.5) is 10.5 Å². The highest BCUT2D eigenvalue weighted by molar-refractivity contribution is 7.99. The summed E-state index contributed by atoms with van der Waals surface area (Å²) >= 11 is 1.54. The molecular weight excluding hydrogens is 558 g/mol. The van der Waals surface area contributed by atoms with Crippen molar-refractivity contribution in [3.05, 3.63) is 114 Å². The van der Waals surface area contributed by atoms with Gasteiger partial charge in [-0.3, -0.25) is 19.8 Å². The number of anilines is 1. The summed E-state index contributed by atoms with van der Waals surface area (Å²) in [5, 5.41) is 11.4. The Kier molecular flexibility index (Phi) is 8.92. The SMILES string of the molecule is CNC(=O)c1ccccc1Sc1ccc2c(/C=C/c3ccccn3)nn(Cc3ccc(NC(=O)OC(C)(C)C)cc3)c2c1. The summed E-state index contributed by atoms with van der Waals surface area (Å²) in [6, 6.07) is 27.2. The van der Waals surface area contributed by atoms with Gasteiger partial charge >= 0.3 is 6.09 Å². The molecule has 0 fully saturated rings. The van der Waals surface area contributed by atoms with Gasteiger partial charge in [0.15, 0.2) is 0 Å². The Labute approximate surface area is 255 Å². The maximum atomic E-state index is 12.4. The third-order valence-corrected chi connectivity index (χ3v) is 7.44. The minimum atomic E-state index is -0.574. The Bertz CT molecular complexity index is 1770. The average molecular weight is 592 g/mol. The molecule has 0 aliphatic heterocycles. The van der Waals surface area contributed by atoms with Crippen LogP contribution in [0, 0.1) is 0 Å². The number of nitrogens with zero attached hydrogens (tertiary/aromatic N) is 3. The van der Waals surface area contributed by atoms with Gasteiger partial charge in [0, 0.05) is 34.1 Å². The van der Waals surface area contributed by atoms with Gasteiger partial charge in [0.05, 0.1) is 29.0 Å². The van der Waals surface area contributed by atoms with Crippen LogP contribution < -0.4 is 10.6 Å². The molecule has 0 aliphatic rings. The van der Waals surface area contributed by atoms with Crippen molar-refractivity contribution in [3.63, 3.8) is 0 Å². The molecule has 43 heavy (non-hydrogen) atoms. The van der Waals surface area contributed by atoms with E-state index in [2.05, 4.69) is 33.8 Å². The second-order valence-corrected chi connectivity index (χ2v) is 11.9. The van der Waals surface area contributed by atoms with Crippen LogP contribution in [0.3, 0.4) is 0 Å². The molecule has 2 amide bonds. The summed E-state index contributed by atoms with van der Waals surface area (Å²) in [5.74, 6) is -0.124. The molecule has 9 heteroatoms. The molecular formula is C34H33N5O3S. The van der Waals surface area contributed by atoms with Crippen molar-refractivity contribution in [1.82, 2.24) is 20.1 Å². The van der Waals surface area contributed by atoms with E-state index in [-0.39, 0.29) is 5.91 Å². The van der Waals surface area contributed by atoms with Crippen molar-refractivity contribution in [2.45, 2.75) is 42.7 Å². The van der Waals surface area contributed by atoms with Crippen LogP contribution in [0.25, 0.3) is 23.1 Å². The minimum absolute atomic E-state index is 0.124. The summed E-state index contributed by atoms with van der Waals surface area (Å²) < 4.78 is 7.33. The van der Waals surface area contributed by atoms with Gasteiger partial charge in [-0.25, -0.2) is 4.79 Å². The molecule has 5 rings (SSSR count). The van der Waals surface area contributed by atoms with Crippen LogP contribution in [0.2, 0.25) is 0 Å². The molecule has 8 nitrogen and oxygen atoms in total. The fourth-order valence-electron chi connectivity index (χ4n) is 4.42. The molecule has 2 N–H and O–H groups in total. The van der Waals surface area contributed by atoms with Gasteiger partial charge < -0.3 is 10.1 Å². The van der Waals surface area contributed by atoms with E-state index >= 15 is 0 Å². The van der Waals surface area contributed by atoms with Crippen molar-refractivity contribution in [2.75, 3.05) is 12.4 Å². The van der Waals surface area contributed by atoms with Crippen LogP contribution in [0.15, 0.2) is 101 Å². The molecule has 3 aromatic carbocycles. The maximum Gasteiger partial charge on any atom is 0.412 e. The number of aromatic nitrogens is 3. The molecule has 2 heterocycles. The predicted octanol–water partition coefficient (Wildman–Crippen LogP) is 7.51. The number of amides is 2. The highest BCUT2D eigenvalue weighted by atomic mass is 32.2. The largest absolute Gasteiger partial charge is 0.444 e. The number of hydrogen-bond donors (Lipinski definition) is 2. The Hall–Kier alpha value is -4.89. The number of hydrogen-bond acceptors (Lipinski definition) is 6. The van der Waals surface area contributed by atoms with Crippen LogP contribution in [-0.2, 0) is 11.3 Å². The average Bonchev–Trinajstić information content (AvgIpc) is 3.32. The summed E-state index contributed by atoms with van der Waals surface area (Å²) in [6.07, 6.45) is 5.19. The molecule has 218 valence electrons. The summed E-state index contributed by atoms with van der Waals surface area (Å²) in [5.41, 5.74) is 4.34. The number of pyridine rings is 1. The lowest BCUT2D eigenvalue weighted by atomic mass is 10.1. The first-order valence-corrected chi connectivity index (χ1v) is 14.7. The zero-order chi connectivity index (χ0) is 30.4. The van der Waals surface area contributed by atoms with Gasteiger partial charge in [0.1, 0.15) is 5.60 Å². The number of benzene rings is 3. The van der Waals surface area contributed by atoms with E-state index in [9.17, 15) is 9.59 Å². The molecule has 0 aliphatic carbocycles. The van der Waals surface area contributed by atoms with Crippen LogP contribution in [-0.4, -0.2) is 39.4 Å². The zero-order valence-electron chi connectivity index (χ0n) is 24.5. The number of fused-ring (bicyclic) bond motifs is 1. The van der Waals surface area contributed by atoms with E-state index in [0.29, 0.717) is 17.8 Å². The first-order chi connectivity index (χ1) is 20.7. The van der Waals surface area contributed by atoms with E-state index in [0.717, 1.165) is 37.6 Å². The summed E-state index contributed by atoms with van der Waals surface area (Å²) in [6.45, 7) is 6.00. The van der Waals surface area contributed by atoms with Gasteiger partial charge in [-0.05, 0) is 93.1 Å². The van der Waals surface area contributed by atoms with Crippen molar-refractivity contribution >= 4 is 52.5 Å². The number of carbonyl (C=O) groups excluding carboxylic acids is 2. The van der Waals surface area contributed by atoms with Gasteiger partial charge in [-0.1, -0.05) is 42.1 Å². The van der Waals surface area contributed by atoms with Gasteiger partial charge in [0.2, 0.25) is 0 Å². The lowest BCUT2D eigenvalue weighted by Crippen LogP contribution is -2.27. The first-order valence-electron chi connectivity index (χ1n) is 13.9. The second-order valence-electron chi connectivity index (χ2n) is 10.8. The van der Waals surface area contributed by atoms with Crippen LogP contribution >= 0.6 is 11.8 Å². The number of nitrogens with one attached hydrogen (secondary N) is 2. The van der Waals surface area contributed by atoms with Gasteiger partial charge in [-0.15, -0.1) is 0 Å². The number of ether oxygens (including phenoxy) is 1. The molecule has 0 unspecified atom stereocenters. The van der Waals surface area contributed by atoms with E-state index < -0.39 is 11.7 Å². The van der Waals surface area contributed by atoms with Crippen molar-refractivity contribution in [2.24, 2.45) is 0 Å². The van der Waals surface area contributed by atoms with Gasteiger partial charge in [-0.2, -0.15) is 5.10 Å². The Balaban J connectivity index is 1.45. The molecule has 0 bridgehead atoms. The standard InChI is InChI=1S/C34H33N5O3S/c1-34(2,3)42-33(41)37-25-14-12-23(13-15-25)22-39-30-21-26(43-31-11-6-5-10-28(31)32(40)35-4)17-18-27(30)29(38-39)19-16-24-9-7-8-20-36-24/h5-21H,22H2,1-4H3,(H,35,40)(H,37,41)/b19-16+. The zero-order valence-corrected chi connectivity index (χ0v) is 25.3.